The van der Waals surface area contributed by atoms with Crippen LogP contribution in [0.1, 0.15) is 34.8 Å². The molecule has 5 heteroatoms. The Balaban J connectivity index is 1.95. The largest absolute Gasteiger partial charge is 0.354 e. The Kier molecular flexibility index (Phi) is 3.21. The molecule has 100 valence electrons. The van der Waals surface area contributed by atoms with Gasteiger partial charge in [-0.1, -0.05) is 12.1 Å². The topological polar surface area (TPSA) is 69.8 Å². The lowest BCUT2D eigenvalue weighted by molar-refractivity contribution is 0.0959. The van der Waals surface area contributed by atoms with Gasteiger partial charge in [-0.2, -0.15) is 5.10 Å². The molecule has 1 aliphatic rings. The van der Waals surface area contributed by atoms with Crippen molar-refractivity contribution >= 4 is 16.8 Å². The van der Waals surface area contributed by atoms with Crippen LogP contribution in [-0.4, -0.2) is 36.2 Å². The van der Waals surface area contributed by atoms with E-state index in [1.54, 1.807) is 7.05 Å². The zero-order valence-corrected chi connectivity index (χ0v) is 11.0. The summed E-state index contributed by atoms with van der Waals surface area (Å²) in [7, 11) is 1.62. The van der Waals surface area contributed by atoms with Crippen molar-refractivity contribution in [1.82, 2.24) is 20.8 Å². The number of piperidine rings is 1. The molecule has 3 N–H and O–H groups in total. The molecule has 0 saturated carbocycles. The van der Waals surface area contributed by atoms with Gasteiger partial charge >= 0.3 is 0 Å². The highest BCUT2D eigenvalue weighted by Crippen LogP contribution is 2.26. The number of hydrogen-bond donors (Lipinski definition) is 3. The molecule has 0 bridgehead atoms. The maximum absolute atomic E-state index is 11.7. The van der Waals surface area contributed by atoms with Crippen LogP contribution < -0.4 is 10.6 Å². The highest BCUT2D eigenvalue weighted by Gasteiger charge is 2.17. The fraction of sp³-hybridized carbons (Fsp3) is 0.429. The minimum Gasteiger partial charge on any atom is -0.354 e. The summed E-state index contributed by atoms with van der Waals surface area (Å²) in [5.74, 6) is 0.406. The summed E-state index contributed by atoms with van der Waals surface area (Å²) in [6.07, 6.45) is 2.43. The summed E-state index contributed by atoms with van der Waals surface area (Å²) in [6, 6.07) is 6.22. The fourth-order valence-corrected chi connectivity index (χ4v) is 2.72. The Bertz CT molecular complexity index is 599. The van der Waals surface area contributed by atoms with Gasteiger partial charge in [0, 0.05) is 19.0 Å². The third-order valence-electron chi connectivity index (χ3n) is 3.80. The standard InChI is InChI=1S/C14H18N4O/c1-15-14(19)13-11-5-4-9(7-12(11)17-18-13)10-3-2-6-16-8-10/h4-5,7,10,16H,2-3,6,8H2,1H3,(H,15,19)(H,17,18). The Morgan fingerprint density at radius 3 is 3.11 bits per heavy atom. The Hall–Kier alpha value is -1.88. The molecule has 5 nitrogen and oxygen atoms in total. The molecule has 19 heavy (non-hydrogen) atoms. The summed E-state index contributed by atoms with van der Waals surface area (Å²) in [5.41, 5.74) is 2.71. The number of aromatic amines is 1. The van der Waals surface area contributed by atoms with Crippen molar-refractivity contribution in [2.45, 2.75) is 18.8 Å². The Morgan fingerprint density at radius 2 is 2.37 bits per heavy atom. The van der Waals surface area contributed by atoms with Crippen molar-refractivity contribution < 1.29 is 4.79 Å². The number of H-pyrrole nitrogens is 1. The third kappa shape index (κ3) is 2.21. The van der Waals surface area contributed by atoms with Gasteiger partial charge in [-0.25, -0.2) is 0 Å². The van der Waals surface area contributed by atoms with Crippen LogP contribution in [0.3, 0.4) is 0 Å². The normalized spacial score (nSPS) is 19.5. The van der Waals surface area contributed by atoms with Gasteiger partial charge in [0.15, 0.2) is 5.69 Å². The van der Waals surface area contributed by atoms with E-state index in [9.17, 15) is 4.79 Å². The van der Waals surface area contributed by atoms with Crippen molar-refractivity contribution in [3.63, 3.8) is 0 Å². The lowest BCUT2D eigenvalue weighted by Crippen LogP contribution is -2.28. The lowest BCUT2D eigenvalue weighted by Gasteiger charge is -2.23. The molecule has 1 saturated heterocycles. The number of aromatic nitrogens is 2. The van der Waals surface area contributed by atoms with Crippen molar-refractivity contribution in [3.05, 3.63) is 29.5 Å². The van der Waals surface area contributed by atoms with Crippen molar-refractivity contribution in [2.24, 2.45) is 0 Å². The van der Waals surface area contributed by atoms with Crippen molar-refractivity contribution in [1.29, 1.82) is 0 Å². The molecule has 1 amide bonds. The maximum Gasteiger partial charge on any atom is 0.272 e. The second kappa shape index (κ2) is 5.01. The van der Waals surface area contributed by atoms with Crippen LogP contribution in [0.4, 0.5) is 0 Å². The van der Waals surface area contributed by atoms with Crippen LogP contribution in [-0.2, 0) is 0 Å². The smallest absolute Gasteiger partial charge is 0.272 e. The van der Waals surface area contributed by atoms with E-state index >= 15 is 0 Å². The molecule has 1 atom stereocenters. The highest BCUT2D eigenvalue weighted by molar-refractivity contribution is 6.04. The summed E-state index contributed by atoms with van der Waals surface area (Å²) in [6.45, 7) is 2.14. The first-order chi connectivity index (χ1) is 9.29. The summed E-state index contributed by atoms with van der Waals surface area (Å²) in [4.78, 5) is 11.7. The van der Waals surface area contributed by atoms with Gasteiger partial charge in [0.2, 0.25) is 0 Å². The van der Waals surface area contributed by atoms with E-state index in [2.05, 4.69) is 33.0 Å². The predicted octanol–water partition coefficient (Wildman–Crippen LogP) is 1.39. The number of rotatable bonds is 2. The van der Waals surface area contributed by atoms with E-state index in [-0.39, 0.29) is 5.91 Å². The lowest BCUT2D eigenvalue weighted by atomic mass is 9.91. The van der Waals surface area contributed by atoms with E-state index in [0.717, 1.165) is 24.0 Å². The van der Waals surface area contributed by atoms with Crippen LogP contribution in [0.5, 0.6) is 0 Å². The van der Waals surface area contributed by atoms with E-state index in [0.29, 0.717) is 11.6 Å². The van der Waals surface area contributed by atoms with Gasteiger partial charge in [0.25, 0.3) is 5.91 Å². The van der Waals surface area contributed by atoms with E-state index in [1.165, 1.54) is 18.4 Å². The first-order valence-electron chi connectivity index (χ1n) is 6.70. The Morgan fingerprint density at radius 1 is 1.47 bits per heavy atom. The van der Waals surface area contributed by atoms with Gasteiger partial charge in [0.05, 0.1) is 5.52 Å². The number of carbonyl (C=O) groups is 1. The van der Waals surface area contributed by atoms with Crippen LogP contribution >= 0.6 is 0 Å². The second-order valence-electron chi connectivity index (χ2n) is 5.00. The van der Waals surface area contributed by atoms with Crippen LogP contribution in [0, 0.1) is 0 Å². The average molecular weight is 258 g/mol. The molecule has 1 unspecified atom stereocenters. The molecule has 1 aromatic heterocycles. The molecule has 1 aliphatic heterocycles. The maximum atomic E-state index is 11.7. The molecule has 0 radical (unpaired) electrons. The predicted molar refractivity (Wildman–Crippen MR) is 74.3 cm³/mol. The highest BCUT2D eigenvalue weighted by atomic mass is 16.1. The monoisotopic (exact) mass is 258 g/mol. The minimum atomic E-state index is -0.154. The zero-order chi connectivity index (χ0) is 13.2. The van der Waals surface area contributed by atoms with Crippen LogP contribution in [0.2, 0.25) is 0 Å². The van der Waals surface area contributed by atoms with Gasteiger partial charge in [-0.15, -0.1) is 0 Å². The number of hydrogen-bond acceptors (Lipinski definition) is 3. The molecule has 3 rings (SSSR count). The van der Waals surface area contributed by atoms with Crippen molar-refractivity contribution in [2.75, 3.05) is 20.1 Å². The first-order valence-corrected chi connectivity index (χ1v) is 6.70. The summed E-state index contributed by atoms with van der Waals surface area (Å²) >= 11 is 0. The van der Waals surface area contributed by atoms with E-state index < -0.39 is 0 Å². The molecule has 0 aliphatic carbocycles. The van der Waals surface area contributed by atoms with Gasteiger partial charge in [0.1, 0.15) is 0 Å². The van der Waals surface area contributed by atoms with Crippen LogP contribution in [0.25, 0.3) is 10.9 Å². The number of fused-ring (bicyclic) bond motifs is 1. The molecule has 2 heterocycles. The van der Waals surface area contributed by atoms with Gasteiger partial charge in [-0.3, -0.25) is 9.89 Å². The third-order valence-corrected chi connectivity index (χ3v) is 3.80. The molecular formula is C14H18N4O. The second-order valence-corrected chi connectivity index (χ2v) is 5.00. The number of benzene rings is 1. The summed E-state index contributed by atoms with van der Waals surface area (Å²) < 4.78 is 0. The fourth-order valence-electron chi connectivity index (χ4n) is 2.72. The van der Waals surface area contributed by atoms with E-state index in [1.807, 2.05) is 6.07 Å². The first kappa shape index (κ1) is 12.2. The zero-order valence-electron chi connectivity index (χ0n) is 11.0. The SMILES string of the molecule is CNC(=O)c1n[nH]c2cc(C3CCCNC3)ccc12. The molecule has 0 spiro atoms. The number of carbonyl (C=O) groups excluding carboxylic acids is 1. The van der Waals surface area contributed by atoms with Crippen LogP contribution in [0.15, 0.2) is 18.2 Å². The van der Waals surface area contributed by atoms with Crippen molar-refractivity contribution in [3.8, 4) is 0 Å². The van der Waals surface area contributed by atoms with Gasteiger partial charge in [-0.05, 0) is 36.9 Å². The quantitative estimate of drug-likeness (QED) is 0.762. The average Bonchev–Trinajstić information content (AvgIpc) is 2.90. The Labute approximate surface area is 111 Å². The molecule has 2 aromatic rings. The molecule has 1 aromatic carbocycles. The minimum absolute atomic E-state index is 0.154. The van der Waals surface area contributed by atoms with E-state index in [4.69, 9.17) is 0 Å². The number of amides is 1. The van der Waals surface area contributed by atoms with Gasteiger partial charge < -0.3 is 10.6 Å². The molecular weight excluding hydrogens is 240 g/mol. The summed E-state index contributed by atoms with van der Waals surface area (Å²) in [5, 5.41) is 14.0. The number of nitrogens with zero attached hydrogens (tertiary/aromatic N) is 1. The molecule has 1 fully saturated rings. The number of nitrogens with one attached hydrogen (secondary N) is 3.